The molecule has 0 aromatic heterocycles. The monoisotopic (exact) mass is 325 g/mol. The van der Waals surface area contributed by atoms with E-state index in [2.05, 4.69) is 21.2 Å². The molecule has 0 fully saturated rings. The molecule has 2 aromatic carbocycles. The van der Waals surface area contributed by atoms with E-state index in [-0.39, 0.29) is 18.2 Å². The third kappa shape index (κ3) is 3.61. The Balaban J connectivity index is 2.06. The van der Waals surface area contributed by atoms with Gasteiger partial charge in [0.15, 0.2) is 0 Å². The van der Waals surface area contributed by atoms with E-state index in [1.165, 1.54) is 18.2 Å². The minimum absolute atomic E-state index is 0.0107. The van der Waals surface area contributed by atoms with Crippen LogP contribution in [-0.2, 0) is 6.54 Å². The first kappa shape index (κ1) is 14.2. The Kier molecular flexibility index (Phi) is 4.66. The molecule has 0 bridgehead atoms. The van der Waals surface area contributed by atoms with Crippen LogP contribution in [0.5, 0.6) is 0 Å². The normalized spacial score (nSPS) is 12.4. The standard InChI is InChI=1S/C15H14BrF2N/c1-10(11-4-2-5-12(16)8-11)19-9-13-14(17)6-3-7-15(13)18/h2-8,10,19H,9H2,1H3/t10-/m1/s1. The second kappa shape index (κ2) is 6.26. The third-order valence-corrected chi connectivity index (χ3v) is 3.49. The molecule has 0 saturated carbocycles. The molecule has 1 atom stereocenters. The summed E-state index contributed by atoms with van der Waals surface area (Å²) in [6.07, 6.45) is 0. The van der Waals surface area contributed by atoms with Crippen molar-refractivity contribution in [1.82, 2.24) is 5.32 Å². The van der Waals surface area contributed by atoms with Crippen LogP contribution in [0.4, 0.5) is 8.78 Å². The van der Waals surface area contributed by atoms with Gasteiger partial charge in [0.2, 0.25) is 0 Å². The molecule has 0 radical (unpaired) electrons. The highest BCUT2D eigenvalue weighted by Crippen LogP contribution is 2.19. The van der Waals surface area contributed by atoms with Crippen molar-refractivity contribution in [2.24, 2.45) is 0 Å². The molecule has 0 saturated heterocycles. The van der Waals surface area contributed by atoms with Crippen molar-refractivity contribution in [3.8, 4) is 0 Å². The fourth-order valence-corrected chi connectivity index (χ4v) is 2.27. The molecule has 4 heteroatoms. The molecule has 0 spiro atoms. The first-order chi connectivity index (χ1) is 9.08. The SMILES string of the molecule is C[C@@H](NCc1c(F)cccc1F)c1cccc(Br)c1. The van der Waals surface area contributed by atoms with Crippen LogP contribution >= 0.6 is 15.9 Å². The fraction of sp³-hybridized carbons (Fsp3) is 0.200. The van der Waals surface area contributed by atoms with Crippen LogP contribution in [0.15, 0.2) is 46.9 Å². The summed E-state index contributed by atoms with van der Waals surface area (Å²) in [5.41, 5.74) is 1.13. The lowest BCUT2D eigenvalue weighted by Gasteiger charge is -2.15. The molecule has 19 heavy (non-hydrogen) atoms. The van der Waals surface area contributed by atoms with Crippen molar-refractivity contribution in [1.29, 1.82) is 0 Å². The van der Waals surface area contributed by atoms with Crippen molar-refractivity contribution in [3.05, 3.63) is 69.7 Å². The van der Waals surface area contributed by atoms with Crippen LogP contribution in [0.3, 0.4) is 0 Å². The predicted octanol–water partition coefficient (Wildman–Crippen LogP) is 4.58. The molecule has 1 nitrogen and oxygen atoms in total. The van der Waals surface area contributed by atoms with Gasteiger partial charge in [-0.25, -0.2) is 8.78 Å². The van der Waals surface area contributed by atoms with Crippen molar-refractivity contribution in [2.45, 2.75) is 19.5 Å². The second-order valence-corrected chi connectivity index (χ2v) is 5.27. The zero-order valence-electron chi connectivity index (χ0n) is 10.5. The summed E-state index contributed by atoms with van der Waals surface area (Å²) in [6, 6.07) is 11.7. The van der Waals surface area contributed by atoms with Crippen LogP contribution in [0.25, 0.3) is 0 Å². The molecule has 100 valence electrons. The van der Waals surface area contributed by atoms with Gasteiger partial charge in [0.25, 0.3) is 0 Å². The van der Waals surface area contributed by atoms with Gasteiger partial charge in [-0.1, -0.05) is 34.1 Å². The van der Waals surface area contributed by atoms with Crippen molar-refractivity contribution in [2.75, 3.05) is 0 Å². The largest absolute Gasteiger partial charge is 0.306 e. The Morgan fingerprint density at radius 1 is 1.11 bits per heavy atom. The maximum Gasteiger partial charge on any atom is 0.130 e. The van der Waals surface area contributed by atoms with Gasteiger partial charge in [-0.15, -0.1) is 0 Å². The highest BCUT2D eigenvalue weighted by Gasteiger charge is 2.10. The summed E-state index contributed by atoms with van der Waals surface area (Å²) in [7, 11) is 0. The number of hydrogen-bond acceptors (Lipinski definition) is 1. The molecule has 0 aliphatic heterocycles. The lowest BCUT2D eigenvalue weighted by atomic mass is 10.1. The van der Waals surface area contributed by atoms with Gasteiger partial charge in [-0.3, -0.25) is 0 Å². The molecule has 2 aromatic rings. The Bertz CT molecular complexity index is 552. The van der Waals surface area contributed by atoms with Gasteiger partial charge in [0, 0.05) is 22.6 Å². The maximum absolute atomic E-state index is 13.5. The molecule has 0 amide bonds. The van der Waals surface area contributed by atoms with Gasteiger partial charge in [-0.2, -0.15) is 0 Å². The zero-order valence-corrected chi connectivity index (χ0v) is 12.0. The Morgan fingerprint density at radius 3 is 2.37 bits per heavy atom. The molecule has 0 heterocycles. The van der Waals surface area contributed by atoms with Crippen molar-refractivity contribution >= 4 is 15.9 Å². The number of rotatable bonds is 4. The predicted molar refractivity (Wildman–Crippen MR) is 75.8 cm³/mol. The second-order valence-electron chi connectivity index (χ2n) is 4.36. The first-order valence-electron chi connectivity index (χ1n) is 5.99. The summed E-state index contributed by atoms with van der Waals surface area (Å²) in [4.78, 5) is 0. The van der Waals surface area contributed by atoms with Crippen molar-refractivity contribution in [3.63, 3.8) is 0 Å². The zero-order chi connectivity index (χ0) is 13.8. The molecule has 0 unspecified atom stereocenters. The minimum atomic E-state index is -0.519. The average molecular weight is 326 g/mol. The lowest BCUT2D eigenvalue weighted by Crippen LogP contribution is -2.19. The van der Waals surface area contributed by atoms with Crippen LogP contribution in [0.2, 0.25) is 0 Å². The average Bonchev–Trinajstić information content (AvgIpc) is 2.38. The lowest BCUT2D eigenvalue weighted by molar-refractivity contribution is 0.509. The summed E-state index contributed by atoms with van der Waals surface area (Å²) >= 11 is 3.40. The van der Waals surface area contributed by atoms with E-state index < -0.39 is 11.6 Å². The quantitative estimate of drug-likeness (QED) is 0.867. The fourth-order valence-electron chi connectivity index (χ4n) is 1.85. The molecular weight excluding hydrogens is 312 g/mol. The topological polar surface area (TPSA) is 12.0 Å². The van der Waals surface area contributed by atoms with E-state index in [1.54, 1.807) is 0 Å². The third-order valence-electron chi connectivity index (χ3n) is 3.00. The minimum Gasteiger partial charge on any atom is -0.306 e. The van der Waals surface area contributed by atoms with Crippen LogP contribution < -0.4 is 5.32 Å². The number of halogens is 3. The van der Waals surface area contributed by atoms with E-state index in [1.807, 2.05) is 31.2 Å². The molecule has 1 N–H and O–H groups in total. The van der Waals surface area contributed by atoms with Gasteiger partial charge in [0.1, 0.15) is 11.6 Å². The van der Waals surface area contributed by atoms with Crippen LogP contribution in [0.1, 0.15) is 24.1 Å². The summed E-state index contributed by atoms with van der Waals surface area (Å²) in [5.74, 6) is -1.04. The Labute approximate surface area is 119 Å². The first-order valence-corrected chi connectivity index (χ1v) is 6.79. The van der Waals surface area contributed by atoms with Crippen LogP contribution in [-0.4, -0.2) is 0 Å². The van der Waals surface area contributed by atoms with E-state index >= 15 is 0 Å². The summed E-state index contributed by atoms with van der Waals surface area (Å²) < 4.78 is 27.9. The Morgan fingerprint density at radius 2 is 1.74 bits per heavy atom. The Hall–Kier alpha value is -1.26. The smallest absolute Gasteiger partial charge is 0.130 e. The highest BCUT2D eigenvalue weighted by molar-refractivity contribution is 9.10. The molecule has 2 rings (SSSR count). The maximum atomic E-state index is 13.5. The van der Waals surface area contributed by atoms with E-state index in [0.29, 0.717) is 0 Å². The van der Waals surface area contributed by atoms with Gasteiger partial charge >= 0.3 is 0 Å². The summed E-state index contributed by atoms with van der Waals surface area (Å²) in [6.45, 7) is 2.12. The van der Waals surface area contributed by atoms with Gasteiger partial charge < -0.3 is 5.32 Å². The van der Waals surface area contributed by atoms with E-state index in [4.69, 9.17) is 0 Å². The van der Waals surface area contributed by atoms with E-state index in [9.17, 15) is 8.78 Å². The van der Waals surface area contributed by atoms with E-state index in [0.717, 1.165) is 10.0 Å². The summed E-state index contributed by atoms with van der Waals surface area (Å²) in [5, 5.41) is 3.12. The number of hydrogen-bond donors (Lipinski definition) is 1. The molecular formula is C15H14BrF2N. The van der Waals surface area contributed by atoms with Crippen molar-refractivity contribution < 1.29 is 8.78 Å². The highest BCUT2D eigenvalue weighted by atomic mass is 79.9. The molecule has 0 aliphatic rings. The van der Waals surface area contributed by atoms with Gasteiger partial charge in [-0.05, 0) is 36.8 Å². The number of nitrogens with one attached hydrogen (secondary N) is 1. The number of benzene rings is 2. The van der Waals surface area contributed by atoms with Crippen LogP contribution in [0, 0.1) is 11.6 Å². The molecule has 0 aliphatic carbocycles. The van der Waals surface area contributed by atoms with Gasteiger partial charge in [0.05, 0.1) is 0 Å².